The molecule has 0 saturated heterocycles. The first-order chi connectivity index (χ1) is 8.32. The maximum atomic E-state index is 6.16. The molecule has 4 heteroatoms. The van der Waals surface area contributed by atoms with Gasteiger partial charge < -0.3 is 5.32 Å². The highest BCUT2D eigenvalue weighted by molar-refractivity contribution is 6.30. The van der Waals surface area contributed by atoms with Crippen LogP contribution >= 0.6 is 11.6 Å². The number of halogens is 1. The SMILES string of the molecule is CCCc1c(Cl)ncnc1NC1C(C)(C)C1(C)C. The lowest BCUT2D eigenvalue weighted by molar-refractivity contribution is 0.457. The Hall–Kier alpha value is -0.830. The molecule has 2 rings (SSSR count). The predicted octanol–water partition coefficient (Wildman–Crippen LogP) is 3.93. The van der Waals surface area contributed by atoms with Crippen molar-refractivity contribution in [1.29, 1.82) is 0 Å². The fraction of sp³-hybridized carbons (Fsp3) is 0.714. The van der Waals surface area contributed by atoms with Gasteiger partial charge in [-0.2, -0.15) is 0 Å². The van der Waals surface area contributed by atoms with Crippen LogP contribution in [0.4, 0.5) is 5.82 Å². The minimum atomic E-state index is 0.286. The first-order valence-corrected chi connectivity index (χ1v) is 6.96. The summed E-state index contributed by atoms with van der Waals surface area (Å²) in [5, 5.41) is 4.13. The molecule has 1 aromatic heterocycles. The highest BCUT2D eigenvalue weighted by Crippen LogP contribution is 2.63. The lowest BCUT2D eigenvalue weighted by atomic mass is 10.0. The van der Waals surface area contributed by atoms with Gasteiger partial charge in [0, 0.05) is 11.6 Å². The van der Waals surface area contributed by atoms with E-state index in [9.17, 15) is 0 Å². The van der Waals surface area contributed by atoms with Crippen molar-refractivity contribution in [3.8, 4) is 0 Å². The van der Waals surface area contributed by atoms with Crippen molar-refractivity contribution in [2.24, 2.45) is 10.8 Å². The summed E-state index contributed by atoms with van der Waals surface area (Å²) in [7, 11) is 0. The van der Waals surface area contributed by atoms with Crippen LogP contribution in [0.15, 0.2) is 6.33 Å². The molecular formula is C14H22ClN3. The first-order valence-electron chi connectivity index (χ1n) is 6.58. The van der Waals surface area contributed by atoms with Crippen LogP contribution in [0.3, 0.4) is 0 Å². The van der Waals surface area contributed by atoms with Crippen LogP contribution in [0, 0.1) is 10.8 Å². The lowest BCUT2D eigenvalue weighted by Gasteiger charge is -2.12. The van der Waals surface area contributed by atoms with Gasteiger partial charge in [-0.25, -0.2) is 9.97 Å². The van der Waals surface area contributed by atoms with Gasteiger partial charge in [-0.1, -0.05) is 52.6 Å². The number of nitrogens with one attached hydrogen (secondary N) is 1. The molecule has 0 amide bonds. The Morgan fingerprint density at radius 2 is 1.83 bits per heavy atom. The molecule has 0 unspecified atom stereocenters. The Kier molecular flexibility index (Phi) is 3.30. The third-order valence-corrected chi connectivity index (χ3v) is 5.02. The van der Waals surface area contributed by atoms with Crippen molar-refractivity contribution in [2.75, 3.05) is 5.32 Å². The number of rotatable bonds is 4. The molecule has 3 nitrogen and oxygen atoms in total. The van der Waals surface area contributed by atoms with E-state index in [1.807, 2.05) is 0 Å². The van der Waals surface area contributed by atoms with Gasteiger partial charge in [0.2, 0.25) is 0 Å². The average Bonchev–Trinajstić information content (AvgIpc) is 2.66. The molecule has 0 atom stereocenters. The molecule has 0 aliphatic heterocycles. The minimum absolute atomic E-state index is 0.286. The first kappa shape index (κ1) is 13.6. The van der Waals surface area contributed by atoms with E-state index < -0.39 is 0 Å². The molecule has 1 aromatic rings. The van der Waals surface area contributed by atoms with E-state index in [1.165, 1.54) is 6.33 Å². The molecule has 0 spiro atoms. The van der Waals surface area contributed by atoms with Crippen LogP contribution in [0.5, 0.6) is 0 Å². The van der Waals surface area contributed by atoms with Crippen molar-refractivity contribution in [3.05, 3.63) is 17.0 Å². The maximum absolute atomic E-state index is 6.16. The minimum Gasteiger partial charge on any atom is -0.366 e. The maximum Gasteiger partial charge on any atom is 0.137 e. The number of hydrogen-bond acceptors (Lipinski definition) is 3. The smallest absolute Gasteiger partial charge is 0.137 e. The Bertz CT molecular complexity index is 440. The molecule has 0 bridgehead atoms. The van der Waals surface area contributed by atoms with Crippen molar-refractivity contribution in [1.82, 2.24) is 9.97 Å². The summed E-state index contributed by atoms with van der Waals surface area (Å²) in [6.45, 7) is 11.3. The second-order valence-corrected chi connectivity index (χ2v) is 6.62. The van der Waals surface area contributed by atoms with Crippen molar-refractivity contribution in [2.45, 2.75) is 53.5 Å². The molecule has 0 radical (unpaired) electrons. The second-order valence-electron chi connectivity index (χ2n) is 6.26. The Morgan fingerprint density at radius 3 is 2.33 bits per heavy atom. The largest absolute Gasteiger partial charge is 0.366 e. The zero-order valence-corrected chi connectivity index (χ0v) is 12.6. The summed E-state index contributed by atoms with van der Waals surface area (Å²) in [5.41, 5.74) is 1.61. The molecule has 18 heavy (non-hydrogen) atoms. The fourth-order valence-corrected chi connectivity index (χ4v) is 2.91. The summed E-state index contributed by atoms with van der Waals surface area (Å²) in [5.74, 6) is 0.903. The van der Waals surface area contributed by atoms with Gasteiger partial charge in [0.1, 0.15) is 17.3 Å². The molecule has 1 saturated carbocycles. The summed E-state index contributed by atoms with van der Waals surface area (Å²) in [6.07, 6.45) is 3.49. The van der Waals surface area contributed by atoms with Crippen LogP contribution in [-0.4, -0.2) is 16.0 Å². The van der Waals surface area contributed by atoms with Gasteiger partial charge in [0.15, 0.2) is 0 Å². The Balaban J connectivity index is 2.23. The van der Waals surface area contributed by atoms with Crippen molar-refractivity contribution in [3.63, 3.8) is 0 Å². The average molecular weight is 268 g/mol. The summed E-state index contributed by atoms with van der Waals surface area (Å²) < 4.78 is 0. The van der Waals surface area contributed by atoms with E-state index in [-0.39, 0.29) is 10.8 Å². The highest BCUT2D eigenvalue weighted by atomic mass is 35.5. The Morgan fingerprint density at radius 1 is 1.22 bits per heavy atom. The van der Waals surface area contributed by atoms with E-state index in [0.717, 1.165) is 24.2 Å². The van der Waals surface area contributed by atoms with Gasteiger partial charge >= 0.3 is 0 Å². The van der Waals surface area contributed by atoms with E-state index in [1.54, 1.807) is 0 Å². The van der Waals surface area contributed by atoms with Crippen LogP contribution in [0.25, 0.3) is 0 Å². The van der Waals surface area contributed by atoms with Gasteiger partial charge in [-0.15, -0.1) is 0 Å². The zero-order chi connectivity index (χ0) is 13.6. The van der Waals surface area contributed by atoms with Crippen LogP contribution < -0.4 is 5.32 Å². The fourth-order valence-electron chi connectivity index (χ4n) is 2.68. The topological polar surface area (TPSA) is 37.8 Å². The molecule has 0 aromatic carbocycles. The van der Waals surface area contributed by atoms with E-state index in [0.29, 0.717) is 11.2 Å². The monoisotopic (exact) mass is 267 g/mol. The van der Waals surface area contributed by atoms with Crippen LogP contribution in [-0.2, 0) is 6.42 Å². The van der Waals surface area contributed by atoms with Gasteiger partial charge in [0.05, 0.1) is 0 Å². The predicted molar refractivity (Wildman–Crippen MR) is 76.0 cm³/mol. The van der Waals surface area contributed by atoms with Crippen molar-refractivity contribution < 1.29 is 0 Å². The standard InChI is InChI=1S/C14H22ClN3/c1-6-7-9-10(15)16-8-17-11(9)18-12-13(2,3)14(12,4)5/h8,12H,6-7H2,1-5H3,(H,16,17,18). The molecular weight excluding hydrogens is 246 g/mol. The molecule has 1 N–H and O–H groups in total. The zero-order valence-electron chi connectivity index (χ0n) is 11.8. The van der Waals surface area contributed by atoms with E-state index in [2.05, 4.69) is 49.9 Å². The normalized spacial score (nSPS) is 20.8. The Labute approximate surface area is 114 Å². The third-order valence-electron chi connectivity index (χ3n) is 4.69. The third kappa shape index (κ3) is 1.99. The van der Waals surface area contributed by atoms with Crippen molar-refractivity contribution >= 4 is 17.4 Å². The number of anilines is 1. The van der Waals surface area contributed by atoms with E-state index in [4.69, 9.17) is 11.6 Å². The molecule has 100 valence electrons. The number of aromatic nitrogens is 2. The van der Waals surface area contributed by atoms with Gasteiger partial charge in [-0.05, 0) is 17.3 Å². The number of nitrogens with zero attached hydrogens (tertiary/aromatic N) is 2. The summed E-state index contributed by atoms with van der Waals surface area (Å²) in [6, 6.07) is 0.437. The lowest BCUT2D eigenvalue weighted by Crippen LogP contribution is -2.13. The highest BCUT2D eigenvalue weighted by Gasteiger charge is 2.65. The number of hydrogen-bond donors (Lipinski definition) is 1. The summed E-state index contributed by atoms with van der Waals surface area (Å²) >= 11 is 6.16. The van der Waals surface area contributed by atoms with Gasteiger partial charge in [-0.3, -0.25) is 0 Å². The quantitative estimate of drug-likeness (QED) is 0.840. The van der Waals surface area contributed by atoms with Crippen LogP contribution in [0.1, 0.15) is 46.6 Å². The van der Waals surface area contributed by atoms with Gasteiger partial charge in [0.25, 0.3) is 0 Å². The van der Waals surface area contributed by atoms with Crippen LogP contribution in [0.2, 0.25) is 5.15 Å². The molecule has 1 fully saturated rings. The van der Waals surface area contributed by atoms with E-state index >= 15 is 0 Å². The summed E-state index contributed by atoms with van der Waals surface area (Å²) in [4.78, 5) is 8.44. The molecule has 1 heterocycles. The molecule has 1 aliphatic rings. The molecule has 1 aliphatic carbocycles. The second kappa shape index (κ2) is 4.37.